The first-order valence-electron chi connectivity index (χ1n) is 5.69. The van der Waals surface area contributed by atoms with E-state index in [1.165, 1.54) is 12.1 Å². The highest BCUT2D eigenvalue weighted by molar-refractivity contribution is 5.29. The average molecular weight is 233 g/mol. The summed E-state index contributed by atoms with van der Waals surface area (Å²) in [5.74, 6) is -0.215. The summed E-state index contributed by atoms with van der Waals surface area (Å²) in [5, 5.41) is 7.46. The van der Waals surface area contributed by atoms with Crippen LogP contribution in [0.1, 0.15) is 24.1 Å². The van der Waals surface area contributed by atoms with Crippen LogP contribution in [0, 0.1) is 5.82 Å². The summed E-state index contributed by atoms with van der Waals surface area (Å²) in [6.07, 6.45) is 3.85. The Hall–Kier alpha value is -1.68. The van der Waals surface area contributed by atoms with Crippen molar-refractivity contribution in [1.82, 2.24) is 15.1 Å². The summed E-state index contributed by atoms with van der Waals surface area (Å²) in [4.78, 5) is 0. The van der Waals surface area contributed by atoms with Crippen LogP contribution in [0.5, 0.6) is 0 Å². The van der Waals surface area contributed by atoms with Gasteiger partial charge in [-0.2, -0.15) is 5.10 Å². The number of nitrogens with one attached hydrogen (secondary N) is 1. The van der Waals surface area contributed by atoms with Crippen molar-refractivity contribution in [3.8, 4) is 0 Å². The van der Waals surface area contributed by atoms with Crippen LogP contribution >= 0.6 is 0 Å². The molecule has 1 atom stereocenters. The third-order valence-electron chi connectivity index (χ3n) is 2.80. The lowest BCUT2D eigenvalue weighted by Crippen LogP contribution is -2.17. The molecule has 0 aliphatic rings. The third-order valence-corrected chi connectivity index (χ3v) is 2.80. The van der Waals surface area contributed by atoms with E-state index in [1.807, 2.05) is 31.0 Å². The fraction of sp³-hybridized carbons (Fsp3) is 0.308. The summed E-state index contributed by atoms with van der Waals surface area (Å²) in [7, 11) is 1.89. The molecular formula is C13H16FN3. The Kier molecular flexibility index (Phi) is 3.54. The van der Waals surface area contributed by atoms with Crippen LogP contribution in [-0.4, -0.2) is 16.8 Å². The van der Waals surface area contributed by atoms with Crippen molar-refractivity contribution < 1.29 is 4.39 Å². The molecule has 0 saturated carbocycles. The predicted molar refractivity (Wildman–Crippen MR) is 65.2 cm³/mol. The van der Waals surface area contributed by atoms with Gasteiger partial charge < -0.3 is 5.32 Å². The number of rotatable bonds is 4. The van der Waals surface area contributed by atoms with E-state index < -0.39 is 0 Å². The summed E-state index contributed by atoms with van der Waals surface area (Å²) >= 11 is 0. The molecular weight excluding hydrogens is 217 g/mol. The normalized spacial score (nSPS) is 12.6. The highest BCUT2D eigenvalue weighted by atomic mass is 19.1. The minimum Gasteiger partial charge on any atom is -0.309 e. The second kappa shape index (κ2) is 5.10. The summed E-state index contributed by atoms with van der Waals surface area (Å²) in [6.45, 7) is 2.89. The van der Waals surface area contributed by atoms with Crippen molar-refractivity contribution in [3.05, 3.63) is 53.6 Å². The van der Waals surface area contributed by atoms with Gasteiger partial charge in [0.25, 0.3) is 0 Å². The van der Waals surface area contributed by atoms with E-state index in [4.69, 9.17) is 0 Å². The molecule has 0 amide bonds. The van der Waals surface area contributed by atoms with Gasteiger partial charge in [-0.15, -0.1) is 0 Å². The van der Waals surface area contributed by atoms with Crippen molar-refractivity contribution in [3.63, 3.8) is 0 Å². The SMILES string of the molecule is CCn1cc(C(NC)c2ccc(F)cc2)cn1. The lowest BCUT2D eigenvalue weighted by atomic mass is 10.0. The van der Waals surface area contributed by atoms with E-state index in [1.54, 1.807) is 12.1 Å². The van der Waals surface area contributed by atoms with Crippen LogP contribution in [0.3, 0.4) is 0 Å². The van der Waals surface area contributed by atoms with Crippen LogP contribution in [0.4, 0.5) is 4.39 Å². The fourth-order valence-electron chi connectivity index (χ4n) is 1.88. The molecule has 17 heavy (non-hydrogen) atoms. The maximum absolute atomic E-state index is 12.9. The third kappa shape index (κ3) is 2.53. The molecule has 2 rings (SSSR count). The van der Waals surface area contributed by atoms with Gasteiger partial charge in [0.1, 0.15) is 5.82 Å². The molecule has 0 aliphatic heterocycles. The second-order valence-electron chi connectivity index (χ2n) is 3.90. The van der Waals surface area contributed by atoms with E-state index >= 15 is 0 Å². The van der Waals surface area contributed by atoms with E-state index in [0.717, 1.165) is 17.7 Å². The van der Waals surface area contributed by atoms with Gasteiger partial charge in [-0.05, 0) is 31.7 Å². The quantitative estimate of drug-likeness (QED) is 0.878. The highest BCUT2D eigenvalue weighted by Crippen LogP contribution is 2.21. The highest BCUT2D eigenvalue weighted by Gasteiger charge is 2.13. The van der Waals surface area contributed by atoms with Gasteiger partial charge in [-0.1, -0.05) is 12.1 Å². The van der Waals surface area contributed by atoms with Crippen molar-refractivity contribution in [2.45, 2.75) is 19.5 Å². The van der Waals surface area contributed by atoms with Gasteiger partial charge in [0.2, 0.25) is 0 Å². The Morgan fingerprint density at radius 2 is 2.00 bits per heavy atom. The molecule has 4 heteroatoms. The van der Waals surface area contributed by atoms with E-state index in [9.17, 15) is 4.39 Å². The number of halogens is 1. The van der Waals surface area contributed by atoms with Gasteiger partial charge in [0.05, 0.1) is 12.2 Å². The zero-order valence-corrected chi connectivity index (χ0v) is 10.0. The van der Waals surface area contributed by atoms with E-state index in [2.05, 4.69) is 10.4 Å². The van der Waals surface area contributed by atoms with Crippen LogP contribution in [0.15, 0.2) is 36.7 Å². The van der Waals surface area contributed by atoms with Gasteiger partial charge in [0.15, 0.2) is 0 Å². The van der Waals surface area contributed by atoms with E-state index in [0.29, 0.717) is 0 Å². The largest absolute Gasteiger partial charge is 0.309 e. The van der Waals surface area contributed by atoms with Crippen molar-refractivity contribution in [2.24, 2.45) is 0 Å². The minimum atomic E-state index is -0.215. The molecule has 1 aromatic carbocycles. The number of hydrogen-bond acceptors (Lipinski definition) is 2. The minimum absolute atomic E-state index is 0.0518. The molecule has 1 unspecified atom stereocenters. The molecule has 2 aromatic rings. The molecule has 0 radical (unpaired) electrons. The number of nitrogens with zero attached hydrogens (tertiary/aromatic N) is 2. The molecule has 0 fully saturated rings. The molecule has 1 N–H and O–H groups in total. The molecule has 0 spiro atoms. The number of aromatic nitrogens is 2. The number of benzene rings is 1. The summed E-state index contributed by atoms with van der Waals surface area (Å²) in [5.41, 5.74) is 2.12. The van der Waals surface area contributed by atoms with Gasteiger partial charge in [-0.25, -0.2) is 4.39 Å². The Morgan fingerprint density at radius 3 is 2.53 bits per heavy atom. The van der Waals surface area contributed by atoms with Gasteiger partial charge in [0, 0.05) is 18.3 Å². The number of aryl methyl sites for hydroxylation is 1. The average Bonchev–Trinajstić information content (AvgIpc) is 2.81. The monoisotopic (exact) mass is 233 g/mol. The van der Waals surface area contributed by atoms with Crippen LogP contribution in [0.25, 0.3) is 0 Å². The molecule has 3 nitrogen and oxygen atoms in total. The maximum atomic E-state index is 12.9. The summed E-state index contributed by atoms with van der Waals surface area (Å²) < 4.78 is 14.8. The zero-order valence-electron chi connectivity index (χ0n) is 10.0. The van der Waals surface area contributed by atoms with E-state index in [-0.39, 0.29) is 11.9 Å². The molecule has 1 aromatic heterocycles. The first kappa shape index (κ1) is 11.8. The predicted octanol–water partition coefficient (Wildman–Crippen LogP) is 2.35. The lowest BCUT2D eigenvalue weighted by Gasteiger charge is -2.14. The van der Waals surface area contributed by atoms with Crippen LogP contribution in [0.2, 0.25) is 0 Å². The topological polar surface area (TPSA) is 29.9 Å². The molecule has 0 bridgehead atoms. The number of hydrogen-bond donors (Lipinski definition) is 1. The smallest absolute Gasteiger partial charge is 0.123 e. The summed E-state index contributed by atoms with van der Waals surface area (Å²) in [6, 6.07) is 6.59. The molecule has 0 saturated heterocycles. The first-order valence-corrected chi connectivity index (χ1v) is 5.69. The Morgan fingerprint density at radius 1 is 1.29 bits per heavy atom. The lowest BCUT2D eigenvalue weighted by molar-refractivity contribution is 0.623. The van der Waals surface area contributed by atoms with Gasteiger partial charge in [-0.3, -0.25) is 4.68 Å². The Bertz CT molecular complexity index is 476. The van der Waals surface area contributed by atoms with Crippen molar-refractivity contribution in [1.29, 1.82) is 0 Å². The van der Waals surface area contributed by atoms with Crippen LogP contribution in [-0.2, 0) is 6.54 Å². The fourth-order valence-corrected chi connectivity index (χ4v) is 1.88. The molecule has 1 heterocycles. The van der Waals surface area contributed by atoms with Crippen molar-refractivity contribution >= 4 is 0 Å². The Labute approximate surface area is 100 Å². The Balaban J connectivity index is 2.29. The first-order chi connectivity index (χ1) is 8.24. The standard InChI is InChI=1S/C13H16FN3/c1-3-17-9-11(8-16-17)13(15-2)10-4-6-12(14)7-5-10/h4-9,13,15H,3H2,1-2H3. The van der Waals surface area contributed by atoms with Gasteiger partial charge >= 0.3 is 0 Å². The van der Waals surface area contributed by atoms with Crippen LogP contribution < -0.4 is 5.32 Å². The zero-order chi connectivity index (χ0) is 12.3. The van der Waals surface area contributed by atoms with Crippen molar-refractivity contribution in [2.75, 3.05) is 7.05 Å². The molecule has 0 aliphatic carbocycles. The maximum Gasteiger partial charge on any atom is 0.123 e. The second-order valence-corrected chi connectivity index (χ2v) is 3.90. The molecule has 90 valence electrons.